The molecule has 110 valence electrons. The van der Waals surface area contributed by atoms with Crippen LogP contribution in [0.4, 0.5) is 0 Å². The molecule has 1 rings (SSSR count). The molecular formula is C13H15Cl2NO4. The van der Waals surface area contributed by atoms with Crippen LogP contribution in [0.15, 0.2) is 18.2 Å². The van der Waals surface area contributed by atoms with Crippen molar-refractivity contribution in [1.29, 1.82) is 0 Å². The maximum absolute atomic E-state index is 11.4. The Hall–Kier alpha value is -1.46. The normalized spacial score (nSPS) is 9.95. The van der Waals surface area contributed by atoms with Gasteiger partial charge in [0.2, 0.25) is 5.91 Å². The topological polar surface area (TPSA) is 64.6 Å². The molecule has 0 spiro atoms. The third kappa shape index (κ3) is 6.12. The van der Waals surface area contributed by atoms with E-state index in [1.165, 1.54) is 7.11 Å². The van der Waals surface area contributed by atoms with Crippen molar-refractivity contribution in [3.05, 3.63) is 28.2 Å². The molecule has 1 aromatic carbocycles. The fraction of sp³-hybridized carbons (Fsp3) is 0.385. The first kappa shape index (κ1) is 16.6. The lowest BCUT2D eigenvalue weighted by Crippen LogP contribution is -2.30. The first-order valence-corrected chi connectivity index (χ1v) is 6.70. The first-order chi connectivity index (χ1) is 9.52. The summed E-state index contributed by atoms with van der Waals surface area (Å²) in [5, 5.41) is 3.39. The molecule has 0 saturated heterocycles. The maximum atomic E-state index is 11.4. The quantitative estimate of drug-likeness (QED) is 0.619. The van der Waals surface area contributed by atoms with Gasteiger partial charge >= 0.3 is 5.97 Å². The lowest BCUT2D eigenvalue weighted by molar-refractivity contribution is -0.141. The summed E-state index contributed by atoms with van der Waals surface area (Å²) in [5.74, 6) is -0.199. The van der Waals surface area contributed by atoms with Gasteiger partial charge in [0.05, 0.1) is 18.7 Å². The van der Waals surface area contributed by atoms with Gasteiger partial charge in [-0.25, -0.2) is 0 Å². The van der Waals surface area contributed by atoms with E-state index in [9.17, 15) is 9.59 Å². The van der Waals surface area contributed by atoms with Crippen LogP contribution in [0.2, 0.25) is 10.0 Å². The number of benzene rings is 1. The van der Waals surface area contributed by atoms with Crippen LogP contribution in [0.3, 0.4) is 0 Å². The summed E-state index contributed by atoms with van der Waals surface area (Å²) < 4.78 is 9.83. The highest BCUT2D eigenvalue weighted by atomic mass is 35.5. The largest absolute Gasteiger partial charge is 0.492 e. The maximum Gasteiger partial charge on any atom is 0.325 e. The molecule has 0 aliphatic rings. The van der Waals surface area contributed by atoms with Crippen LogP contribution in [0.1, 0.15) is 12.8 Å². The molecule has 0 aliphatic carbocycles. The number of ether oxygens (including phenoxy) is 2. The predicted octanol–water partition coefficient (Wildman–Crippen LogP) is 2.44. The van der Waals surface area contributed by atoms with Crippen LogP contribution >= 0.6 is 23.2 Å². The van der Waals surface area contributed by atoms with Gasteiger partial charge in [-0.15, -0.1) is 0 Å². The molecule has 1 N–H and O–H groups in total. The molecular weight excluding hydrogens is 305 g/mol. The van der Waals surface area contributed by atoms with E-state index in [1.807, 2.05) is 0 Å². The Balaban J connectivity index is 2.21. The van der Waals surface area contributed by atoms with Crippen molar-refractivity contribution < 1.29 is 19.1 Å². The van der Waals surface area contributed by atoms with Crippen molar-refractivity contribution in [2.75, 3.05) is 20.3 Å². The van der Waals surface area contributed by atoms with Gasteiger partial charge in [-0.1, -0.05) is 23.2 Å². The van der Waals surface area contributed by atoms with E-state index in [0.717, 1.165) is 0 Å². The monoisotopic (exact) mass is 319 g/mol. The van der Waals surface area contributed by atoms with Crippen molar-refractivity contribution in [2.24, 2.45) is 0 Å². The minimum atomic E-state index is -0.484. The Morgan fingerprint density at radius 3 is 2.70 bits per heavy atom. The van der Waals surface area contributed by atoms with Crippen LogP contribution in [-0.2, 0) is 14.3 Å². The number of hydrogen-bond acceptors (Lipinski definition) is 4. The molecule has 0 unspecified atom stereocenters. The van der Waals surface area contributed by atoms with Gasteiger partial charge in [-0.05, 0) is 24.6 Å². The Kier molecular flexibility index (Phi) is 7.18. The van der Waals surface area contributed by atoms with Crippen molar-refractivity contribution in [3.8, 4) is 5.75 Å². The van der Waals surface area contributed by atoms with Gasteiger partial charge in [0, 0.05) is 11.4 Å². The smallest absolute Gasteiger partial charge is 0.325 e. The Labute approximate surface area is 127 Å². The standard InChI is InChI=1S/C13H15Cl2NO4/c1-19-13(18)8-16-12(17)3-2-6-20-11-5-4-9(14)7-10(11)15/h4-5,7H,2-3,6,8H2,1H3,(H,16,17). The number of esters is 1. The molecule has 0 aliphatic heterocycles. The summed E-state index contributed by atoms with van der Waals surface area (Å²) in [6, 6.07) is 4.93. The highest BCUT2D eigenvalue weighted by Gasteiger charge is 2.06. The van der Waals surface area contributed by atoms with E-state index < -0.39 is 5.97 Å². The molecule has 0 saturated carbocycles. The average Bonchev–Trinajstić information content (AvgIpc) is 2.42. The van der Waals surface area contributed by atoms with Gasteiger partial charge in [0.1, 0.15) is 12.3 Å². The average molecular weight is 320 g/mol. The lowest BCUT2D eigenvalue weighted by atomic mass is 10.3. The molecule has 0 aromatic heterocycles. The van der Waals surface area contributed by atoms with Gasteiger partial charge in [0.15, 0.2) is 0 Å². The van der Waals surface area contributed by atoms with Crippen LogP contribution in [0.25, 0.3) is 0 Å². The second-order valence-corrected chi connectivity index (χ2v) is 4.72. The second-order valence-electron chi connectivity index (χ2n) is 3.88. The van der Waals surface area contributed by atoms with Crippen molar-refractivity contribution in [3.63, 3.8) is 0 Å². The predicted molar refractivity (Wildman–Crippen MR) is 76.2 cm³/mol. The third-order valence-corrected chi connectivity index (χ3v) is 2.89. The fourth-order valence-electron chi connectivity index (χ4n) is 1.34. The van der Waals surface area contributed by atoms with Crippen molar-refractivity contribution >= 4 is 35.1 Å². The minimum absolute atomic E-state index is 0.126. The number of nitrogens with one attached hydrogen (secondary N) is 1. The SMILES string of the molecule is COC(=O)CNC(=O)CCCOc1ccc(Cl)cc1Cl. The summed E-state index contributed by atoms with van der Waals surface area (Å²) in [6.07, 6.45) is 0.758. The van der Waals surface area contributed by atoms with E-state index >= 15 is 0 Å². The molecule has 1 amide bonds. The second kappa shape index (κ2) is 8.66. The molecule has 0 fully saturated rings. The van der Waals surface area contributed by atoms with Crippen molar-refractivity contribution in [2.45, 2.75) is 12.8 Å². The highest BCUT2D eigenvalue weighted by Crippen LogP contribution is 2.27. The summed E-state index contributed by atoms with van der Waals surface area (Å²) >= 11 is 11.7. The highest BCUT2D eigenvalue weighted by molar-refractivity contribution is 6.35. The Bertz CT molecular complexity index is 479. The molecule has 0 heterocycles. The van der Waals surface area contributed by atoms with Gasteiger partial charge < -0.3 is 14.8 Å². The number of amides is 1. The summed E-state index contributed by atoms with van der Waals surface area (Å²) in [4.78, 5) is 22.2. The van der Waals surface area contributed by atoms with Gasteiger partial charge in [-0.3, -0.25) is 9.59 Å². The van der Waals surface area contributed by atoms with Crippen LogP contribution in [-0.4, -0.2) is 32.1 Å². The molecule has 0 radical (unpaired) electrons. The van der Waals surface area contributed by atoms with E-state index in [1.54, 1.807) is 18.2 Å². The van der Waals surface area contributed by atoms with Gasteiger partial charge in [-0.2, -0.15) is 0 Å². The molecule has 1 aromatic rings. The molecule has 7 heteroatoms. The van der Waals surface area contributed by atoms with Gasteiger partial charge in [0.25, 0.3) is 0 Å². The van der Waals surface area contributed by atoms with E-state index in [4.69, 9.17) is 27.9 Å². The summed E-state index contributed by atoms with van der Waals surface area (Å²) in [5.41, 5.74) is 0. The number of carbonyl (C=O) groups excluding carboxylic acids is 2. The molecule has 0 atom stereocenters. The van der Waals surface area contributed by atoms with E-state index in [0.29, 0.717) is 28.8 Å². The first-order valence-electron chi connectivity index (χ1n) is 5.94. The number of rotatable bonds is 7. The zero-order valence-electron chi connectivity index (χ0n) is 10.9. The number of methoxy groups -OCH3 is 1. The molecule has 5 nitrogen and oxygen atoms in total. The van der Waals surface area contributed by atoms with E-state index in [2.05, 4.69) is 10.1 Å². The minimum Gasteiger partial charge on any atom is -0.492 e. The zero-order valence-corrected chi connectivity index (χ0v) is 12.5. The lowest BCUT2D eigenvalue weighted by Gasteiger charge is -2.08. The number of carbonyl (C=O) groups is 2. The number of halogens is 2. The van der Waals surface area contributed by atoms with E-state index in [-0.39, 0.29) is 18.9 Å². The van der Waals surface area contributed by atoms with Crippen LogP contribution in [0, 0.1) is 0 Å². The van der Waals surface area contributed by atoms with Crippen LogP contribution < -0.4 is 10.1 Å². The fourth-order valence-corrected chi connectivity index (χ4v) is 1.80. The number of hydrogen-bond donors (Lipinski definition) is 1. The summed E-state index contributed by atoms with van der Waals surface area (Å²) in [7, 11) is 1.26. The third-order valence-electron chi connectivity index (χ3n) is 2.36. The van der Waals surface area contributed by atoms with Crippen molar-refractivity contribution in [1.82, 2.24) is 5.32 Å². The molecule has 0 bridgehead atoms. The Morgan fingerprint density at radius 2 is 2.05 bits per heavy atom. The Morgan fingerprint density at radius 1 is 1.30 bits per heavy atom. The molecule has 20 heavy (non-hydrogen) atoms. The summed E-state index contributed by atoms with van der Waals surface area (Å²) in [6.45, 7) is 0.214. The van der Waals surface area contributed by atoms with Crippen LogP contribution in [0.5, 0.6) is 5.75 Å². The zero-order chi connectivity index (χ0) is 15.0.